The van der Waals surface area contributed by atoms with Crippen molar-refractivity contribution in [3.8, 4) is 0 Å². The van der Waals surface area contributed by atoms with Gasteiger partial charge in [0.1, 0.15) is 5.69 Å². The summed E-state index contributed by atoms with van der Waals surface area (Å²) in [5.41, 5.74) is 6.85. The first-order valence-corrected chi connectivity index (χ1v) is 5.97. The maximum atomic E-state index is 11.5. The Morgan fingerprint density at radius 3 is 2.76 bits per heavy atom. The second-order valence-corrected chi connectivity index (χ2v) is 4.39. The molecule has 5 nitrogen and oxygen atoms in total. The average Bonchev–Trinajstić information content (AvgIpc) is 2.94. The summed E-state index contributed by atoms with van der Waals surface area (Å²) in [4.78, 5) is 13.9. The van der Waals surface area contributed by atoms with Crippen LogP contribution in [0.5, 0.6) is 0 Å². The van der Waals surface area contributed by atoms with Crippen LogP contribution in [0.4, 0.5) is 5.69 Å². The lowest BCUT2D eigenvalue weighted by molar-refractivity contribution is 0.0587. The van der Waals surface area contributed by atoms with E-state index in [2.05, 4.69) is 4.90 Å². The highest BCUT2D eigenvalue weighted by Gasteiger charge is 2.15. The van der Waals surface area contributed by atoms with Crippen LogP contribution in [0.15, 0.2) is 12.3 Å². The number of nitrogens with two attached hydrogens (primary N) is 1. The Morgan fingerprint density at radius 2 is 2.12 bits per heavy atom. The fourth-order valence-electron chi connectivity index (χ4n) is 2.25. The number of esters is 1. The van der Waals surface area contributed by atoms with Gasteiger partial charge in [-0.1, -0.05) is 0 Å². The molecule has 0 bridgehead atoms. The molecule has 0 amide bonds. The molecule has 1 aliphatic heterocycles. The van der Waals surface area contributed by atoms with Crippen molar-refractivity contribution in [2.24, 2.45) is 0 Å². The maximum absolute atomic E-state index is 11.5. The number of aromatic nitrogens is 1. The second kappa shape index (κ2) is 5.23. The van der Waals surface area contributed by atoms with Crippen LogP contribution in [0.25, 0.3) is 0 Å². The Balaban J connectivity index is 2.01. The van der Waals surface area contributed by atoms with Gasteiger partial charge in [0.15, 0.2) is 0 Å². The number of carbonyl (C=O) groups excluding carboxylic acids is 1. The number of anilines is 1. The maximum Gasteiger partial charge on any atom is 0.354 e. The smallest absolute Gasteiger partial charge is 0.354 e. The molecule has 0 unspecified atom stereocenters. The average molecular weight is 237 g/mol. The molecule has 1 aromatic heterocycles. The Morgan fingerprint density at radius 1 is 1.41 bits per heavy atom. The monoisotopic (exact) mass is 237 g/mol. The van der Waals surface area contributed by atoms with Gasteiger partial charge >= 0.3 is 5.97 Å². The number of carbonyl (C=O) groups is 1. The van der Waals surface area contributed by atoms with E-state index in [0.717, 1.165) is 26.2 Å². The van der Waals surface area contributed by atoms with Crippen LogP contribution < -0.4 is 5.73 Å². The Hall–Kier alpha value is -1.49. The summed E-state index contributed by atoms with van der Waals surface area (Å²) >= 11 is 0. The molecule has 0 spiro atoms. The number of ether oxygens (including phenoxy) is 1. The minimum atomic E-state index is -0.330. The molecule has 0 aliphatic carbocycles. The number of nitrogen functional groups attached to an aromatic ring is 1. The number of likely N-dealkylation sites (tertiary alicyclic amines) is 1. The standard InChI is InChI=1S/C12H19N3O2/c1-17-12(16)11-8-10(13)9-15(11)7-6-14-4-2-3-5-14/h8-9H,2-7,13H2,1H3. The zero-order valence-corrected chi connectivity index (χ0v) is 10.2. The van der Waals surface area contributed by atoms with Crippen LogP contribution in [-0.4, -0.2) is 42.2 Å². The van der Waals surface area contributed by atoms with Gasteiger partial charge in [0.2, 0.25) is 0 Å². The van der Waals surface area contributed by atoms with Gasteiger partial charge in [-0.15, -0.1) is 0 Å². The summed E-state index contributed by atoms with van der Waals surface area (Å²) < 4.78 is 6.61. The second-order valence-electron chi connectivity index (χ2n) is 4.39. The highest BCUT2D eigenvalue weighted by molar-refractivity contribution is 5.88. The van der Waals surface area contributed by atoms with Gasteiger partial charge in [0, 0.05) is 19.3 Å². The molecule has 94 valence electrons. The summed E-state index contributed by atoms with van der Waals surface area (Å²) in [5, 5.41) is 0. The van der Waals surface area contributed by atoms with E-state index in [1.165, 1.54) is 20.0 Å². The first-order chi connectivity index (χ1) is 8.20. The lowest BCUT2D eigenvalue weighted by Gasteiger charge is -2.15. The zero-order chi connectivity index (χ0) is 12.3. The van der Waals surface area contributed by atoms with Crippen molar-refractivity contribution in [1.29, 1.82) is 0 Å². The largest absolute Gasteiger partial charge is 0.464 e. The van der Waals surface area contributed by atoms with E-state index >= 15 is 0 Å². The van der Waals surface area contributed by atoms with Crippen LogP contribution in [0.3, 0.4) is 0 Å². The van der Waals surface area contributed by atoms with E-state index in [1.807, 2.05) is 4.57 Å². The third-order valence-corrected chi connectivity index (χ3v) is 3.17. The van der Waals surface area contributed by atoms with Gasteiger partial charge in [-0.05, 0) is 32.0 Å². The Kier molecular flexibility index (Phi) is 3.68. The molecule has 5 heteroatoms. The van der Waals surface area contributed by atoms with Gasteiger partial charge in [0.25, 0.3) is 0 Å². The fraction of sp³-hybridized carbons (Fsp3) is 0.583. The fourth-order valence-corrected chi connectivity index (χ4v) is 2.25. The van der Waals surface area contributed by atoms with Gasteiger partial charge in [-0.25, -0.2) is 4.79 Å². The normalized spacial score (nSPS) is 16.3. The van der Waals surface area contributed by atoms with Crippen molar-refractivity contribution in [2.75, 3.05) is 32.5 Å². The lowest BCUT2D eigenvalue weighted by Crippen LogP contribution is -2.25. The summed E-state index contributed by atoms with van der Waals surface area (Å²) in [7, 11) is 1.39. The number of hydrogen-bond donors (Lipinski definition) is 1. The van der Waals surface area contributed by atoms with Crippen molar-refractivity contribution >= 4 is 11.7 Å². The Bertz CT molecular complexity index is 394. The van der Waals surface area contributed by atoms with Crippen molar-refractivity contribution in [1.82, 2.24) is 9.47 Å². The molecular weight excluding hydrogens is 218 g/mol. The van der Waals surface area contributed by atoms with E-state index in [-0.39, 0.29) is 5.97 Å². The van der Waals surface area contributed by atoms with E-state index in [4.69, 9.17) is 10.5 Å². The van der Waals surface area contributed by atoms with Crippen molar-refractivity contribution in [2.45, 2.75) is 19.4 Å². The number of nitrogens with zero attached hydrogens (tertiary/aromatic N) is 2. The van der Waals surface area contributed by atoms with Crippen molar-refractivity contribution in [3.63, 3.8) is 0 Å². The van der Waals surface area contributed by atoms with E-state index in [1.54, 1.807) is 12.3 Å². The van der Waals surface area contributed by atoms with E-state index in [0.29, 0.717) is 11.4 Å². The van der Waals surface area contributed by atoms with Gasteiger partial charge < -0.3 is 19.9 Å². The molecule has 0 saturated carbocycles. The number of hydrogen-bond acceptors (Lipinski definition) is 4. The summed E-state index contributed by atoms with van der Waals surface area (Å²) in [6, 6.07) is 1.66. The van der Waals surface area contributed by atoms with Gasteiger partial charge in [-0.3, -0.25) is 0 Å². The van der Waals surface area contributed by atoms with Crippen LogP contribution in [0, 0.1) is 0 Å². The molecule has 0 aromatic carbocycles. The summed E-state index contributed by atoms with van der Waals surface area (Å²) in [6.45, 7) is 4.05. The molecule has 2 heterocycles. The van der Waals surface area contributed by atoms with E-state index in [9.17, 15) is 4.79 Å². The van der Waals surface area contributed by atoms with Gasteiger partial charge in [0.05, 0.1) is 12.8 Å². The van der Waals surface area contributed by atoms with Crippen molar-refractivity contribution in [3.05, 3.63) is 18.0 Å². The predicted octanol–water partition coefficient (Wildman–Crippen LogP) is 0.953. The number of methoxy groups -OCH3 is 1. The molecule has 17 heavy (non-hydrogen) atoms. The quantitative estimate of drug-likeness (QED) is 0.792. The minimum Gasteiger partial charge on any atom is -0.464 e. The molecule has 1 aliphatic rings. The number of rotatable bonds is 4. The highest BCUT2D eigenvalue weighted by atomic mass is 16.5. The van der Waals surface area contributed by atoms with Gasteiger partial charge in [-0.2, -0.15) is 0 Å². The third-order valence-electron chi connectivity index (χ3n) is 3.17. The predicted molar refractivity (Wildman–Crippen MR) is 65.9 cm³/mol. The van der Waals surface area contributed by atoms with E-state index < -0.39 is 0 Å². The molecule has 1 fully saturated rings. The van der Waals surface area contributed by atoms with Crippen LogP contribution in [0.2, 0.25) is 0 Å². The molecule has 0 radical (unpaired) electrons. The zero-order valence-electron chi connectivity index (χ0n) is 10.2. The third kappa shape index (κ3) is 2.79. The topological polar surface area (TPSA) is 60.5 Å². The molecule has 1 saturated heterocycles. The SMILES string of the molecule is COC(=O)c1cc(N)cn1CCN1CCCC1. The molecule has 2 N–H and O–H groups in total. The van der Waals surface area contributed by atoms with Crippen LogP contribution in [0.1, 0.15) is 23.3 Å². The molecule has 2 rings (SSSR count). The highest BCUT2D eigenvalue weighted by Crippen LogP contribution is 2.13. The van der Waals surface area contributed by atoms with Crippen LogP contribution >= 0.6 is 0 Å². The molecule has 0 atom stereocenters. The van der Waals surface area contributed by atoms with Crippen LogP contribution in [-0.2, 0) is 11.3 Å². The lowest BCUT2D eigenvalue weighted by atomic mass is 10.4. The summed E-state index contributed by atoms with van der Waals surface area (Å²) in [6.07, 6.45) is 4.34. The minimum absolute atomic E-state index is 0.330. The molecule has 1 aromatic rings. The first-order valence-electron chi connectivity index (χ1n) is 5.97. The van der Waals surface area contributed by atoms with Crippen molar-refractivity contribution < 1.29 is 9.53 Å². The first kappa shape index (κ1) is 12.0. The Labute approximate surface area is 101 Å². The summed E-state index contributed by atoms with van der Waals surface area (Å²) in [5.74, 6) is -0.330. The molecular formula is C12H19N3O2.